The first-order valence-corrected chi connectivity index (χ1v) is 8.17. The summed E-state index contributed by atoms with van der Waals surface area (Å²) in [6.45, 7) is 10.4. The van der Waals surface area contributed by atoms with Crippen LogP contribution < -0.4 is 5.32 Å². The van der Waals surface area contributed by atoms with Gasteiger partial charge in [0.25, 0.3) is 0 Å². The molecule has 0 amide bonds. The predicted octanol–water partition coefficient (Wildman–Crippen LogP) is 1.71. The average Bonchev–Trinajstić information content (AvgIpc) is 2.92. The number of aromatic nitrogens is 2. The van der Waals surface area contributed by atoms with E-state index in [9.17, 15) is 0 Å². The second-order valence-corrected chi connectivity index (χ2v) is 6.32. The summed E-state index contributed by atoms with van der Waals surface area (Å²) < 4.78 is 8.02. The van der Waals surface area contributed by atoms with E-state index in [0.29, 0.717) is 12.1 Å². The Labute approximate surface area is 128 Å². The highest BCUT2D eigenvalue weighted by Crippen LogP contribution is 2.13. The number of likely N-dealkylation sites (N-methyl/N-ethyl adjacent to an activating group) is 1. The minimum atomic E-state index is 0.250. The first kappa shape index (κ1) is 16.5. The Hall–Kier alpha value is -0.910. The first-order valence-electron chi connectivity index (χ1n) is 8.17. The Kier molecular flexibility index (Phi) is 6.21. The number of morpholine rings is 1. The van der Waals surface area contributed by atoms with Crippen molar-refractivity contribution in [1.29, 1.82) is 0 Å². The second-order valence-electron chi connectivity index (χ2n) is 6.32. The molecular formula is C16H30N4O. The Bertz CT molecular complexity index is 418. The van der Waals surface area contributed by atoms with Gasteiger partial charge >= 0.3 is 0 Å². The van der Waals surface area contributed by atoms with E-state index in [2.05, 4.69) is 55.4 Å². The molecule has 1 saturated heterocycles. The third kappa shape index (κ3) is 4.80. The Balaban J connectivity index is 2.00. The van der Waals surface area contributed by atoms with E-state index in [1.54, 1.807) is 0 Å². The zero-order valence-electron chi connectivity index (χ0n) is 13.9. The number of ether oxygens (including phenoxy) is 1. The highest BCUT2D eigenvalue weighted by atomic mass is 16.5. The topological polar surface area (TPSA) is 42.3 Å². The van der Waals surface area contributed by atoms with Crippen molar-refractivity contribution in [2.24, 2.45) is 0 Å². The molecule has 0 spiro atoms. The number of nitrogens with one attached hydrogen (secondary N) is 1. The number of hydrogen-bond donors (Lipinski definition) is 1. The van der Waals surface area contributed by atoms with E-state index in [0.717, 1.165) is 44.8 Å². The van der Waals surface area contributed by atoms with Gasteiger partial charge in [-0.2, -0.15) is 5.10 Å². The molecule has 1 aromatic heterocycles. The fourth-order valence-electron chi connectivity index (χ4n) is 2.72. The fraction of sp³-hybridized carbons (Fsp3) is 0.812. The van der Waals surface area contributed by atoms with Crippen molar-refractivity contribution in [3.8, 4) is 0 Å². The molecule has 0 aromatic carbocycles. The van der Waals surface area contributed by atoms with Crippen molar-refractivity contribution in [3.05, 3.63) is 18.0 Å². The van der Waals surface area contributed by atoms with Crippen molar-refractivity contribution in [2.45, 2.75) is 51.8 Å². The van der Waals surface area contributed by atoms with Crippen LogP contribution in [-0.4, -0.2) is 60.1 Å². The summed E-state index contributed by atoms with van der Waals surface area (Å²) >= 11 is 0. The molecule has 2 atom stereocenters. The molecule has 0 saturated carbocycles. The van der Waals surface area contributed by atoms with Crippen LogP contribution in [0.15, 0.2) is 12.3 Å². The summed E-state index contributed by atoms with van der Waals surface area (Å²) in [7, 11) is 2.17. The minimum absolute atomic E-state index is 0.250. The Morgan fingerprint density at radius 3 is 2.90 bits per heavy atom. The summed E-state index contributed by atoms with van der Waals surface area (Å²) in [6, 6.07) is 2.88. The van der Waals surface area contributed by atoms with Crippen LogP contribution in [0.3, 0.4) is 0 Å². The lowest BCUT2D eigenvalue weighted by Gasteiger charge is -2.35. The van der Waals surface area contributed by atoms with Crippen LogP contribution in [0.5, 0.6) is 0 Å². The molecule has 0 radical (unpaired) electrons. The molecule has 0 bridgehead atoms. The second kappa shape index (κ2) is 7.92. The van der Waals surface area contributed by atoms with Gasteiger partial charge in [0.15, 0.2) is 0 Å². The van der Waals surface area contributed by atoms with Gasteiger partial charge in [-0.15, -0.1) is 0 Å². The molecule has 5 heteroatoms. The molecule has 1 N–H and O–H groups in total. The third-order valence-electron chi connectivity index (χ3n) is 4.02. The zero-order chi connectivity index (χ0) is 15.2. The van der Waals surface area contributed by atoms with Crippen LogP contribution in [0.1, 0.15) is 38.9 Å². The molecule has 2 rings (SSSR count). The minimum Gasteiger partial charge on any atom is -0.374 e. The largest absolute Gasteiger partial charge is 0.374 e. The summed E-state index contributed by atoms with van der Waals surface area (Å²) in [6.07, 6.45) is 4.39. The van der Waals surface area contributed by atoms with Crippen LogP contribution in [0, 0.1) is 0 Å². The zero-order valence-corrected chi connectivity index (χ0v) is 13.9. The number of nitrogens with zero attached hydrogens (tertiary/aromatic N) is 3. The van der Waals surface area contributed by atoms with E-state index in [1.165, 1.54) is 0 Å². The normalized spacial score (nSPS) is 21.9. The van der Waals surface area contributed by atoms with E-state index in [-0.39, 0.29) is 6.10 Å². The van der Waals surface area contributed by atoms with E-state index < -0.39 is 0 Å². The Morgan fingerprint density at radius 2 is 2.29 bits per heavy atom. The maximum Gasteiger partial charge on any atom is 0.0858 e. The van der Waals surface area contributed by atoms with E-state index in [1.807, 2.05) is 4.68 Å². The molecule has 1 fully saturated rings. The van der Waals surface area contributed by atoms with Gasteiger partial charge < -0.3 is 15.0 Å². The molecule has 1 aliphatic rings. The van der Waals surface area contributed by atoms with Gasteiger partial charge in [-0.3, -0.25) is 4.68 Å². The monoisotopic (exact) mass is 294 g/mol. The van der Waals surface area contributed by atoms with Crippen LogP contribution in [0.25, 0.3) is 0 Å². The van der Waals surface area contributed by atoms with Crippen LogP contribution in [0.4, 0.5) is 0 Å². The van der Waals surface area contributed by atoms with Crippen molar-refractivity contribution in [2.75, 3.05) is 33.3 Å². The molecule has 2 heterocycles. The average molecular weight is 294 g/mol. The molecule has 1 aliphatic heterocycles. The van der Waals surface area contributed by atoms with Crippen LogP contribution >= 0.6 is 0 Å². The summed E-state index contributed by atoms with van der Waals surface area (Å²) in [5.41, 5.74) is 1.15. The van der Waals surface area contributed by atoms with Crippen molar-refractivity contribution >= 4 is 0 Å². The van der Waals surface area contributed by atoms with Crippen molar-refractivity contribution in [1.82, 2.24) is 20.0 Å². The van der Waals surface area contributed by atoms with Gasteiger partial charge in [-0.1, -0.05) is 6.92 Å². The van der Waals surface area contributed by atoms with E-state index in [4.69, 9.17) is 4.74 Å². The lowest BCUT2D eigenvalue weighted by atomic mass is 10.0. The molecule has 5 nitrogen and oxygen atoms in total. The summed E-state index contributed by atoms with van der Waals surface area (Å²) in [5, 5.41) is 8.32. The van der Waals surface area contributed by atoms with Crippen LogP contribution in [0.2, 0.25) is 0 Å². The maximum atomic E-state index is 6.00. The quantitative estimate of drug-likeness (QED) is 0.831. The standard InChI is InChI=1S/C16H30N4O/c1-5-7-17-15(16-12-19(4)9-10-21-16)11-14-6-8-20(18-14)13(2)3/h6,8,13,15-17H,5,7,9-12H2,1-4H3. The first-order chi connectivity index (χ1) is 10.1. The highest BCUT2D eigenvalue weighted by molar-refractivity contribution is 5.04. The SMILES string of the molecule is CCCNC(Cc1ccn(C(C)C)n1)C1CN(C)CCO1. The number of hydrogen-bond acceptors (Lipinski definition) is 4. The van der Waals surface area contributed by atoms with Gasteiger partial charge in [0.1, 0.15) is 0 Å². The molecule has 1 aromatic rings. The smallest absolute Gasteiger partial charge is 0.0858 e. The lowest BCUT2D eigenvalue weighted by molar-refractivity contribution is -0.0385. The van der Waals surface area contributed by atoms with Gasteiger partial charge in [0.05, 0.1) is 18.4 Å². The number of rotatable bonds is 7. The summed E-state index contributed by atoms with van der Waals surface area (Å²) in [4.78, 5) is 2.35. The van der Waals surface area contributed by atoms with Crippen molar-refractivity contribution in [3.63, 3.8) is 0 Å². The molecule has 21 heavy (non-hydrogen) atoms. The highest BCUT2D eigenvalue weighted by Gasteiger charge is 2.27. The molecule has 2 unspecified atom stereocenters. The van der Waals surface area contributed by atoms with Gasteiger partial charge in [-0.25, -0.2) is 0 Å². The maximum absolute atomic E-state index is 6.00. The van der Waals surface area contributed by atoms with Gasteiger partial charge in [0.2, 0.25) is 0 Å². The third-order valence-corrected chi connectivity index (χ3v) is 4.02. The van der Waals surface area contributed by atoms with Crippen molar-refractivity contribution < 1.29 is 4.74 Å². The molecular weight excluding hydrogens is 264 g/mol. The predicted molar refractivity (Wildman–Crippen MR) is 85.6 cm³/mol. The Morgan fingerprint density at radius 1 is 1.48 bits per heavy atom. The molecule has 0 aliphatic carbocycles. The lowest BCUT2D eigenvalue weighted by Crippen LogP contribution is -2.52. The fourth-order valence-corrected chi connectivity index (χ4v) is 2.72. The van der Waals surface area contributed by atoms with Gasteiger partial charge in [0, 0.05) is 37.8 Å². The van der Waals surface area contributed by atoms with E-state index >= 15 is 0 Å². The van der Waals surface area contributed by atoms with Gasteiger partial charge in [-0.05, 0) is 39.9 Å². The summed E-state index contributed by atoms with van der Waals surface area (Å²) in [5.74, 6) is 0. The molecule has 120 valence electrons. The van der Waals surface area contributed by atoms with Crippen LogP contribution in [-0.2, 0) is 11.2 Å².